The van der Waals surface area contributed by atoms with E-state index in [1.807, 2.05) is 54.4 Å². The number of methoxy groups -OCH3 is 1. The van der Waals surface area contributed by atoms with Gasteiger partial charge in [-0.05, 0) is 31.3 Å². The van der Waals surface area contributed by atoms with Crippen LogP contribution in [0.2, 0.25) is 0 Å². The van der Waals surface area contributed by atoms with Crippen molar-refractivity contribution in [3.8, 4) is 5.75 Å². The maximum absolute atomic E-state index is 12.4. The number of carbonyl (C=O) groups is 2. The van der Waals surface area contributed by atoms with E-state index in [2.05, 4.69) is 10.3 Å². The van der Waals surface area contributed by atoms with Crippen LogP contribution in [0.3, 0.4) is 0 Å². The van der Waals surface area contributed by atoms with Crippen molar-refractivity contribution < 1.29 is 14.3 Å². The fourth-order valence-electron chi connectivity index (χ4n) is 3.23. The van der Waals surface area contributed by atoms with E-state index in [-0.39, 0.29) is 30.8 Å². The molecule has 2 heterocycles. The predicted octanol–water partition coefficient (Wildman–Crippen LogP) is 1.44. The maximum Gasteiger partial charge on any atom is 0.234 e. The van der Waals surface area contributed by atoms with Crippen molar-refractivity contribution in [3.05, 3.63) is 54.4 Å². The molecule has 1 saturated heterocycles. The lowest BCUT2D eigenvalue weighted by atomic mass is 10.2. The number of amides is 2. The van der Waals surface area contributed by atoms with Crippen molar-refractivity contribution in [1.29, 1.82) is 0 Å². The normalized spacial score (nSPS) is 16.6. The van der Waals surface area contributed by atoms with Crippen molar-refractivity contribution >= 4 is 17.5 Å². The largest absolute Gasteiger partial charge is 0.495 e. The molecular weight excluding hydrogens is 344 g/mol. The summed E-state index contributed by atoms with van der Waals surface area (Å²) in [6.45, 7) is 1.27. The lowest BCUT2D eigenvalue weighted by molar-refractivity contribution is -0.122. The summed E-state index contributed by atoms with van der Waals surface area (Å²) in [6.07, 6.45) is 2.02. The molecule has 1 fully saturated rings. The van der Waals surface area contributed by atoms with E-state index < -0.39 is 0 Å². The molecule has 7 nitrogen and oxygen atoms in total. The summed E-state index contributed by atoms with van der Waals surface area (Å²) in [4.78, 5) is 32.6. The van der Waals surface area contributed by atoms with Gasteiger partial charge in [0.25, 0.3) is 0 Å². The molecule has 0 bridgehead atoms. The Kier molecular flexibility index (Phi) is 6.03. The number of nitrogens with one attached hydrogen (secondary N) is 1. The number of hydrogen-bond acceptors (Lipinski definition) is 5. The fourth-order valence-corrected chi connectivity index (χ4v) is 3.23. The molecule has 0 spiro atoms. The van der Waals surface area contributed by atoms with Gasteiger partial charge in [0, 0.05) is 25.7 Å². The third kappa shape index (κ3) is 4.83. The highest BCUT2D eigenvalue weighted by Crippen LogP contribution is 2.30. The Morgan fingerprint density at radius 3 is 2.81 bits per heavy atom. The summed E-state index contributed by atoms with van der Waals surface area (Å²) >= 11 is 0. The van der Waals surface area contributed by atoms with Crippen molar-refractivity contribution in [2.45, 2.75) is 19.0 Å². The van der Waals surface area contributed by atoms with Crippen LogP contribution < -0.4 is 15.0 Å². The summed E-state index contributed by atoms with van der Waals surface area (Å²) in [5.74, 6) is 0.521. The molecule has 0 radical (unpaired) electrons. The van der Waals surface area contributed by atoms with E-state index in [0.29, 0.717) is 18.8 Å². The van der Waals surface area contributed by atoms with Gasteiger partial charge in [-0.1, -0.05) is 18.2 Å². The van der Waals surface area contributed by atoms with E-state index in [4.69, 9.17) is 4.74 Å². The molecule has 1 aromatic carbocycles. The molecule has 0 aliphatic carbocycles. The Bertz CT molecular complexity index is 797. The highest BCUT2D eigenvalue weighted by Gasteiger charge is 2.33. The smallest absolute Gasteiger partial charge is 0.234 e. The summed E-state index contributed by atoms with van der Waals surface area (Å²) in [5.41, 5.74) is 1.64. The van der Waals surface area contributed by atoms with E-state index in [1.54, 1.807) is 18.2 Å². The zero-order chi connectivity index (χ0) is 19.2. The number of pyridine rings is 1. The summed E-state index contributed by atoms with van der Waals surface area (Å²) in [6, 6.07) is 12.9. The molecule has 2 amide bonds. The maximum atomic E-state index is 12.4. The van der Waals surface area contributed by atoms with Crippen molar-refractivity contribution in [2.75, 3.05) is 32.1 Å². The molecular formula is C20H24N4O3. The third-order valence-corrected chi connectivity index (χ3v) is 4.44. The molecule has 1 aliphatic rings. The number of ether oxygens (including phenoxy) is 1. The Hall–Kier alpha value is -2.93. The number of para-hydroxylation sites is 2. The lowest BCUT2D eigenvalue weighted by Gasteiger charge is -2.20. The average molecular weight is 368 g/mol. The number of carbonyl (C=O) groups excluding carboxylic acids is 2. The molecule has 2 aromatic rings. The van der Waals surface area contributed by atoms with Gasteiger partial charge in [-0.2, -0.15) is 0 Å². The zero-order valence-electron chi connectivity index (χ0n) is 15.6. The fraction of sp³-hybridized carbons (Fsp3) is 0.350. The Balaban J connectivity index is 1.54. The quantitative estimate of drug-likeness (QED) is 0.801. The highest BCUT2D eigenvalue weighted by molar-refractivity contribution is 5.98. The van der Waals surface area contributed by atoms with Gasteiger partial charge in [0.2, 0.25) is 11.8 Å². The highest BCUT2D eigenvalue weighted by atomic mass is 16.5. The van der Waals surface area contributed by atoms with Crippen LogP contribution in [0.1, 0.15) is 12.1 Å². The molecule has 1 N–H and O–H groups in total. The summed E-state index contributed by atoms with van der Waals surface area (Å²) < 4.78 is 5.34. The molecule has 142 valence electrons. The van der Waals surface area contributed by atoms with Gasteiger partial charge < -0.3 is 15.0 Å². The monoisotopic (exact) mass is 368 g/mol. The van der Waals surface area contributed by atoms with Gasteiger partial charge in [-0.3, -0.25) is 19.5 Å². The van der Waals surface area contributed by atoms with Crippen LogP contribution in [0.4, 0.5) is 5.69 Å². The van der Waals surface area contributed by atoms with E-state index in [1.165, 1.54) is 0 Å². The molecule has 1 unspecified atom stereocenters. The van der Waals surface area contributed by atoms with Gasteiger partial charge >= 0.3 is 0 Å². The second-order valence-electron chi connectivity index (χ2n) is 6.64. The molecule has 27 heavy (non-hydrogen) atoms. The Morgan fingerprint density at radius 1 is 1.30 bits per heavy atom. The standard InChI is InChI=1S/C20H24N4O3/c1-23(12-15-7-5-6-10-21-15)14-19(25)22-16-11-20(26)24(13-16)17-8-3-4-9-18(17)27-2/h3-10,16H,11-14H2,1-2H3,(H,22,25). The first-order chi connectivity index (χ1) is 13.1. The van der Waals surface area contributed by atoms with Crippen LogP contribution in [0.5, 0.6) is 5.75 Å². The number of aromatic nitrogens is 1. The second kappa shape index (κ2) is 8.64. The molecule has 3 rings (SSSR count). The van der Waals surface area contributed by atoms with Crippen molar-refractivity contribution in [2.24, 2.45) is 0 Å². The average Bonchev–Trinajstić information content (AvgIpc) is 3.02. The van der Waals surface area contributed by atoms with Crippen LogP contribution in [-0.4, -0.2) is 55.0 Å². The summed E-state index contributed by atoms with van der Waals surface area (Å²) in [5, 5.41) is 2.96. The van der Waals surface area contributed by atoms with E-state index in [9.17, 15) is 9.59 Å². The molecule has 0 saturated carbocycles. The molecule has 1 atom stereocenters. The number of rotatable bonds is 7. The van der Waals surface area contributed by atoms with E-state index >= 15 is 0 Å². The predicted molar refractivity (Wildman–Crippen MR) is 102 cm³/mol. The number of benzene rings is 1. The second-order valence-corrected chi connectivity index (χ2v) is 6.64. The number of likely N-dealkylation sites (N-methyl/N-ethyl adjacent to an activating group) is 1. The first-order valence-corrected chi connectivity index (χ1v) is 8.88. The summed E-state index contributed by atoms with van der Waals surface area (Å²) in [7, 11) is 3.45. The van der Waals surface area contributed by atoms with Crippen LogP contribution >= 0.6 is 0 Å². The lowest BCUT2D eigenvalue weighted by Crippen LogP contribution is -2.42. The number of anilines is 1. The molecule has 1 aliphatic heterocycles. The molecule has 7 heteroatoms. The van der Waals surface area contributed by atoms with Gasteiger partial charge in [0.05, 0.1) is 31.1 Å². The van der Waals surface area contributed by atoms with Gasteiger partial charge in [-0.15, -0.1) is 0 Å². The zero-order valence-corrected chi connectivity index (χ0v) is 15.6. The topological polar surface area (TPSA) is 74.8 Å². The Morgan fingerprint density at radius 2 is 2.07 bits per heavy atom. The van der Waals surface area contributed by atoms with Crippen molar-refractivity contribution in [3.63, 3.8) is 0 Å². The minimum atomic E-state index is -0.210. The third-order valence-electron chi connectivity index (χ3n) is 4.44. The number of nitrogens with zero attached hydrogens (tertiary/aromatic N) is 3. The number of hydrogen-bond donors (Lipinski definition) is 1. The Labute approximate surface area is 158 Å². The van der Waals surface area contributed by atoms with Crippen LogP contribution in [0, 0.1) is 0 Å². The molecule has 1 aromatic heterocycles. The van der Waals surface area contributed by atoms with Gasteiger partial charge in [0.15, 0.2) is 0 Å². The minimum Gasteiger partial charge on any atom is -0.495 e. The van der Waals surface area contributed by atoms with E-state index in [0.717, 1.165) is 11.4 Å². The first kappa shape index (κ1) is 18.8. The van der Waals surface area contributed by atoms with Crippen LogP contribution in [0.25, 0.3) is 0 Å². The van der Waals surface area contributed by atoms with Gasteiger partial charge in [-0.25, -0.2) is 0 Å². The van der Waals surface area contributed by atoms with Crippen LogP contribution in [0.15, 0.2) is 48.7 Å². The van der Waals surface area contributed by atoms with Crippen LogP contribution in [-0.2, 0) is 16.1 Å². The van der Waals surface area contributed by atoms with Gasteiger partial charge in [0.1, 0.15) is 5.75 Å². The van der Waals surface area contributed by atoms with Crippen molar-refractivity contribution in [1.82, 2.24) is 15.2 Å². The SMILES string of the molecule is COc1ccccc1N1CC(NC(=O)CN(C)Cc2ccccn2)CC1=O. The minimum absolute atomic E-state index is 0.0216. The first-order valence-electron chi connectivity index (χ1n) is 8.88.